The first-order chi connectivity index (χ1) is 7.08. The molecule has 0 aliphatic rings. The van der Waals surface area contributed by atoms with Crippen molar-refractivity contribution in [1.82, 2.24) is 9.03 Å². The van der Waals surface area contributed by atoms with E-state index in [0.717, 1.165) is 0 Å². The third kappa shape index (κ3) is 6.26. The number of nitrogens with one attached hydrogen (secondary N) is 1. The average Bonchev–Trinajstić information content (AvgIpc) is 1.98. The maximum Gasteiger partial charge on any atom is 0.402 e. The van der Waals surface area contributed by atoms with Crippen molar-refractivity contribution in [3.63, 3.8) is 0 Å². The monoisotopic (exact) mass is 264 g/mol. The second-order valence-electron chi connectivity index (χ2n) is 3.45. The van der Waals surface area contributed by atoms with Crippen LogP contribution < -0.4 is 4.72 Å². The zero-order valence-electron chi connectivity index (χ0n) is 8.95. The van der Waals surface area contributed by atoms with Crippen LogP contribution in [0.5, 0.6) is 0 Å². The first kappa shape index (κ1) is 15.6. The van der Waals surface area contributed by atoms with Crippen LogP contribution in [0.1, 0.15) is 13.8 Å². The molecule has 0 bridgehead atoms. The van der Waals surface area contributed by atoms with Crippen molar-refractivity contribution in [2.45, 2.75) is 26.1 Å². The zero-order chi connectivity index (χ0) is 13.0. The second-order valence-corrected chi connectivity index (χ2v) is 5.15. The zero-order valence-corrected chi connectivity index (χ0v) is 9.77. The predicted molar refractivity (Wildman–Crippen MR) is 51.9 cm³/mol. The Bertz CT molecular complexity index is 302. The highest BCUT2D eigenvalue weighted by Gasteiger charge is 2.36. The molecule has 0 rings (SSSR count). The molecule has 2 N–H and O–H groups in total. The number of rotatable bonds is 6. The maximum absolute atomic E-state index is 12.1. The summed E-state index contributed by atoms with van der Waals surface area (Å²) >= 11 is 0. The van der Waals surface area contributed by atoms with E-state index in [4.69, 9.17) is 5.11 Å². The minimum Gasteiger partial charge on any atom is -0.395 e. The lowest BCUT2D eigenvalue weighted by Gasteiger charge is -2.23. The highest BCUT2D eigenvalue weighted by atomic mass is 32.2. The molecule has 0 fully saturated rings. The lowest BCUT2D eigenvalue weighted by atomic mass is 10.4. The third-order valence-electron chi connectivity index (χ3n) is 1.43. The standard InChI is InChI=1S/C7H15F3N2O3S/c1-6(2)11-16(14,15)12(3-4-13)5-7(8,9)10/h6,11,13H,3-5H2,1-2H3. The minimum atomic E-state index is -4.64. The molecule has 0 aromatic rings. The molecule has 0 saturated carbocycles. The SMILES string of the molecule is CC(C)NS(=O)(=O)N(CCO)CC(F)(F)F. The van der Waals surface area contributed by atoms with Crippen molar-refractivity contribution in [3.05, 3.63) is 0 Å². The van der Waals surface area contributed by atoms with Gasteiger partial charge >= 0.3 is 6.18 Å². The van der Waals surface area contributed by atoms with Crippen LogP contribution in [0, 0.1) is 0 Å². The van der Waals surface area contributed by atoms with E-state index < -0.39 is 42.1 Å². The molecule has 9 heteroatoms. The van der Waals surface area contributed by atoms with Gasteiger partial charge in [-0.25, -0.2) is 0 Å². The molecule has 5 nitrogen and oxygen atoms in total. The summed E-state index contributed by atoms with van der Waals surface area (Å²) in [6, 6.07) is -0.514. The van der Waals surface area contributed by atoms with E-state index in [9.17, 15) is 21.6 Å². The fraction of sp³-hybridized carbons (Fsp3) is 1.00. The van der Waals surface area contributed by atoms with Gasteiger partial charge in [0.15, 0.2) is 0 Å². The maximum atomic E-state index is 12.1. The van der Waals surface area contributed by atoms with Gasteiger partial charge in [0.05, 0.1) is 6.61 Å². The Hall–Kier alpha value is -0.380. The number of hydrogen-bond donors (Lipinski definition) is 2. The van der Waals surface area contributed by atoms with Crippen LogP contribution in [-0.2, 0) is 10.2 Å². The van der Waals surface area contributed by atoms with Crippen LogP contribution in [0.15, 0.2) is 0 Å². The molecule has 16 heavy (non-hydrogen) atoms. The van der Waals surface area contributed by atoms with Crippen LogP contribution in [0.2, 0.25) is 0 Å². The molecule has 0 atom stereocenters. The molecule has 0 aliphatic carbocycles. The fourth-order valence-electron chi connectivity index (χ4n) is 0.968. The number of halogens is 3. The summed E-state index contributed by atoms with van der Waals surface area (Å²) in [4.78, 5) is 0. The number of aliphatic hydroxyl groups is 1. The Kier molecular flexibility index (Phi) is 5.66. The van der Waals surface area contributed by atoms with Gasteiger partial charge < -0.3 is 5.11 Å². The first-order valence-corrected chi connectivity index (χ1v) is 5.97. The van der Waals surface area contributed by atoms with E-state index in [1.54, 1.807) is 0 Å². The number of nitrogens with zero attached hydrogens (tertiary/aromatic N) is 1. The Morgan fingerprint density at radius 1 is 1.38 bits per heavy atom. The molecule has 0 radical (unpaired) electrons. The van der Waals surface area contributed by atoms with E-state index in [0.29, 0.717) is 0 Å². The van der Waals surface area contributed by atoms with Crippen LogP contribution >= 0.6 is 0 Å². The van der Waals surface area contributed by atoms with Crippen molar-refractivity contribution in [2.24, 2.45) is 0 Å². The summed E-state index contributed by atoms with van der Waals surface area (Å²) in [5.74, 6) is 0. The van der Waals surface area contributed by atoms with E-state index >= 15 is 0 Å². The predicted octanol–water partition coefficient (Wildman–Crippen LogP) is 0.0858. The smallest absolute Gasteiger partial charge is 0.395 e. The Morgan fingerprint density at radius 3 is 2.19 bits per heavy atom. The summed E-state index contributed by atoms with van der Waals surface area (Å²) in [6.07, 6.45) is -4.64. The van der Waals surface area contributed by atoms with Crippen molar-refractivity contribution in [2.75, 3.05) is 19.7 Å². The molecule has 0 spiro atoms. The van der Waals surface area contributed by atoms with E-state index in [2.05, 4.69) is 0 Å². The van der Waals surface area contributed by atoms with Crippen molar-refractivity contribution >= 4 is 10.2 Å². The quantitative estimate of drug-likeness (QED) is 0.714. The Labute approximate surface area is 92.4 Å². The van der Waals surface area contributed by atoms with Crippen molar-refractivity contribution < 1.29 is 26.7 Å². The van der Waals surface area contributed by atoms with Gasteiger partial charge in [-0.15, -0.1) is 0 Å². The number of alkyl halides is 3. The molecule has 0 aromatic heterocycles. The highest BCUT2D eigenvalue weighted by molar-refractivity contribution is 7.87. The summed E-state index contributed by atoms with van der Waals surface area (Å²) in [5.41, 5.74) is 0. The summed E-state index contributed by atoms with van der Waals surface area (Å²) < 4.78 is 61.2. The molecule has 98 valence electrons. The van der Waals surface area contributed by atoms with Crippen molar-refractivity contribution in [3.8, 4) is 0 Å². The summed E-state index contributed by atoms with van der Waals surface area (Å²) in [7, 11) is -4.21. The third-order valence-corrected chi connectivity index (χ3v) is 3.19. The van der Waals surface area contributed by atoms with Gasteiger partial charge in [-0.2, -0.15) is 30.6 Å². The summed E-state index contributed by atoms with van der Waals surface area (Å²) in [5, 5.41) is 8.53. The average molecular weight is 264 g/mol. The lowest BCUT2D eigenvalue weighted by molar-refractivity contribution is -0.136. The largest absolute Gasteiger partial charge is 0.402 e. The van der Waals surface area contributed by atoms with Crippen LogP contribution in [0.3, 0.4) is 0 Å². The van der Waals surface area contributed by atoms with Gasteiger partial charge in [0.25, 0.3) is 10.2 Å². The Morgan fingerprint density at radius 2 is 1.88 bits per heavy atom. The van der Waals surface area contributed by atoms with Gasteiger partial charge in [0, 0.05) is 12.6 Å². The van der Waals surface area contributed by atoms with Crippen LogP contribution in [0.4, 0.5) is 13.2 Å². The van der Waals surface area contributed by atoms with E-state index in [1.807, 2.05) is 4.72 Å². The lowest BCUT2D eigenvalue weighted by Crippen LogP contribution is -2.48. The van der Waals surface area contributed by atoms with Crippen molar-refractivity contribution in [1.29, 1.82) is 0 Å². The molecule has 0 amide bonds. The van der Waals surface area contributed by atoms with Gasteiger partial charge in [-0.1, -0.05) is 0 Å². The van der Waals surface area contributed by atoms with E-state index in [1.165, 1.54) is 13.8 Å². The molecular weight excluding hydrogens is 249 g/mol. The Balaban J connectivity index is 4.77. The summed E-state index contributed by atoms with van der Waals surface area (Å²) in [6.45, 7) is 0.0940. The number of aliphatic hydroxyl groups excluding tert-OH is 1. The molecule has 0 aliphatic heterocycles. The van der Waals surface area contributed by atoms with Gasteiger partial charge in [-0.05, 0) is 13.8 Å². The highest BCUT2D eigenvalue weighted by Crippen LogP contribution is 2.17. The van der Waals surface area contributed by atoms with Gasteiger partial charge in [0.2, 0.25) is 0 Å². The molecule has 0 aromatic carbocycles. The fourth-order valence-corrected chi connectivity index (χ4v) is 2.35. The van der Waals surface area contributed by atoms with E-state index in [-0.39, 0.29) is 4.31 Å². The van der Waals surface area contributed by atoms with Gasteiger partial charge in [0.1, 0.15) is 6.54 Å². The van der Waals surface area contributed by atoms with Gasteiger partial charge in [-0.3, -0.25) is 0 Å². The van der Waals surface area contributed by atoms with Crippen LogP contribution in [-0.4, -0.2) is 49.7 Å². The van der Waals surface area contributed by atoms with Crippen LogP contribution in [0.25, 0.3) is 0 Å². The minimum absolute atomic E-state index is 0.160. The number of hydrogen-bond acceptors (Lipinski definition) is 3. The first-order valence-electron chi connectivity index (χ1n) is 4.53. The normalized spacial score (nSPS) is 13.8. The molecule has 0 unspecified atom stereocenters. The second kappa shape index (κ2) is 5.80. The molecule has 0 saturated heterocycles. The molecule has 0 heterocycles. The topological polar surface area (TPSA) is 69.6 Å². The molecular formula is C7H15F3N2O3S.